The fourth-order valence-corrected chi connectivity index (χ4v) is 2.97. The number of halogens is 3. The highest BCUT2D eigenvalue weighted by molar-refractivity contribution is 5.30. The summed E-state index contributed by atoms with van der Waals surface area (Å²) in [6.45, 7) is 1.52. The van der Waals surface area contributed by atoms with Crippen LogP contribution in [-0.2, 0) is 11.8 Å². The van der Waals surface area contributed by atoms with E-state index in [4.69, 9.17) is 0 Å². The maximum atomic E-state index is 12.7. The van der Waals surface area contributed by atoms with Crippen molar-refractivity contribution in [2.24, 2.45) is 0 Å². The molecule has 2 aliphatic rings. The van der Waals surface area contributed by atoms with E-state index >= 15 is 0 Å². The van der Waals surface area contributed by atoms with Crippen LogP contribution in [-0.4, -0.2) is 29.1 Å². The molecule has 2 fully saturated rings. The Kier molecular flexibility index (Phi) is 3.29. The molecular formula is C15H18F3NO. The summed E-state index contributed by atoms with van der Waals surface area (Å²) in [5, 5.41) is 10.7. The molecule has 1 aromatic rings. The zero-order valence-corrected chi connectivity index (χ0v) is 11.2. The van der Waals surface area contributed by atoms with Gasteiger partial charge >= 0.3 is 6.18 Å². The molecule has 2 nitrogen and oxygen atoms in total. The zero-order chi connectivity index (χ0) is 14.4. The minimum Gasteiger partial charge on any atom is -0.385 e. The lowest BCUT2D eigenvalue weighted by Crippen LogP contribution is -2.43. The van der Waals surface area contributed by atoms with Gasteiger partial charge in [0.05, 0.1) is 11.2 Å². The molecule has 1 heterocycles. The smallest absolute Gasteiger partial charge is 0.385 e. The highest BCUT2D eigenvalue weighted by Crippen LogP contribution is 2.39. The number of aliphatic hydroxyl groups is 1. The summed E-state index contributed by atoms with van der Waals surface area (Å²) >= 11 is 0. The van der Waals surface area contributed by atoms with Crippen LogP contribution in [0.2, 0.25) is 0 Å². The summed E-state index contributed by atoms with van der Waals surface area (Å²) < 4.78 is 38.2. The average molecular weight is 285 g/mol. The van der Waals surface area contributed by atoms with Crippen LogP contribution in [0.3, 0.4) is 0 Å². The van der Waals surface area contributed by atoms with Crippen molar-refractivity contribution in [2.75, 3.05) is 13.1 Å². The van der Waals surface area contributed by atoms with Gasteiger partial charge in [0.15, 0.2) is 0 Å². The fourth-order valence-electron chi connectivity index (χ4n) is 2.97. The van der Waals surface area contributed by atoms with Gasteiger partial charge in [-0.25, -0.2) is 0 Å². The van der Waals surface area contributed by atoms with Gasteiger partial charge < -0.3 is 10.0 Å². The molecule has 0 radical (unpaired) electrons. The number of alkyl halides is 3. The number of likely N-dealkylation sites (tertiary alicyclic amines) is 1. The normalized spacial score (nSPS) is 23.8. The first-order valence-corrected chi connectivity index (χ1v) is 7.03. The van der Waals surface area contributed by atoms with Crippen LogP contribution in [0.15, 0.2) is 24.3 Å². The van der Waals surface area contributed by atoms with Gasteiger partial charge in [0.25, 0.3) is 0 Å². The van der Waals surface area contributed by atoms with Crippen LogP contribution in [0.4, 0.5) is 13.2 Å². The monoisotopic (exact) mass is 285 g/mol. The third kappa shape index (κ3) is 2.69. The van der Waals surface area contributed by atoms with E-state index in [-0.39, 0.29) is 0 Å². The molecule has 1 saturated carbocycles. The van der Waals surface area contributed by atoms with E-state index in [1.165, 1.54) is 18.9 Å². The van der Waals surface area contributed by atoms with Crippen LogP contribution < -0.4 is 0 Å². The van der Waals surface area contributed by atoms with Crippen LogP contribution >= 0.6 is 0 Å². The molecule has 110 valence electrons. The Morgan fingerprint density at radius 3 is 2.35 bits per heavy atom. The zero-order valence-electron chi connectivity index (χ0n) is 11.2. The van der Waals surface area contributed by atoms with Crippen LogP contribution in [0, 0.1) is 0 Å². The van der Waals surface area contributed by atoms with E-state index in [9.17, 15) is 18.3 Å². The largest absolute Gasteiger partial charge is 0.416 e. The summed E-state index contributed by atoms with van der Waals surface area (Å²) in [5.41, 5.74) is -1.41. The molecule has 1 aromatic carbocycles. The summed E-state index contributed by atoms with van der Waals surface area (Å²) in [5.74, 6) is 0. The second-order valence-electron chi connectivity index (χ2n) is 5.88. The number of hydrogen-bond donors (Lipinski definition) is 1. The molecule has 1 saturated heterocycles. The Bertz CT molecular complexity index is 488. The van der Waals surface area contributed by atoms with E-state index in [1.807, 2.05) is 0 Å². The molecule has 0 atom stereocenters. The third-order valence-corrected chi connectivity index (χ3v) is 4.42. The van der Waals surface area contributed by atoms with Crippen molar-refractivity contribution >= 4 is 0 Å². The molecule has 1 aliphatic heterocycles. The van der Waals surface area contributed by atoms with Crippen molar-refractivity contribution < 1.29 is 18.3 Å². The molecule has 5 heteroatoms. The fraction of sp³-hybridized carbons (Fsp3) is 0.600. The second kappa shape index (κ2) is 4.74. The molecule has 0 aromatic heterocycles. The quantitative estimate of drug-likeness (QED) is 0.902. The van der Waals surface area contributed by atoms with Gasteiger partial charge in [-0.3, -0.25) is 0 Å². The van der Waals surface area contributed by atoms with Crippen molar-refractivity contribution in [3.8, 4) is 0 Å². The van der Waals surface area contributed by atoms with Gasteiger partial charge in [-0.05, 0) is 43.4 Å². The van der Waals surface area contributed by atoms with E-state index < -0.39 is 17.3 Å². The molecule has 3 rings (SSSR count). The number of benzene rings is 1. The molecular weight excluding hydrogens is 267 g/mol. The molecule has 0 bridgehead atoms. The summed E-state index contributed by atoms with van der Waals surface area (Å²) in [7, 11) is 0. The lowest BCUT2D eigenvalue weighted by atomic mass is 9.83. The molecule has 0 spiro atoms. The van der Waals surface area contributed by atoms with Crippen molar-refractivity contribution in [2.45, 2.75) is 43.5 Å². The Morgan fingerprint density at radius 1 is 1.15 bits per heavy atom. The number of piperidine rings is 1. The Balaban J connectivity index is 1.78. The molecule has 20 heavy (non-hydrogen) atoms. The Hall–Kier alpha value is -1.07. The third-order valence-electron chi connectivity index (χ3n) is 4.42. The molecule has 1 N–H and O–H groups in total. The van der Waals surface area contributed by atoms with Gasteiger partial charge in [0, 0.05) is 19.1 Å². The van der Waals surface area contributed by atoms with Gasteiger partial charge in [-0.1, -0.05) is 12.1 Å². The highest BCUT2D eigenvalue weighted by Gasteiger charge is 2.40. The highest BCUT2D eigenvalue weighted by atomic mass is 19.4. The first-order valence-electron chi connectivity index (χ1n) is 7.03. The topological polar surface area (TPSA) is 23.5 Å². The summed E-state index contributed by atoms with van der Waals surface area (Å²) in [6.07, 6.45) is -0.930. The van der Waals surface area contributed by atoms with Gasteiger partial charge in [-0.15, -0.1) is 0 Å². The lowest BCUT2D eigenvalue weighted by molar-refractivity contribution is -0.137. The van der Waals surface area contributed by atoms with Crippen LogP contribution in [0.25, 0.3) is 0 Å². The van der Waals surface area contributed by atoms with E-state index in [1.54, 1.807) is 6.07 Å². The molecule has 1 aliphatic carbocycles. The van der Waals surface area contributed by atoms with Crippen molar-refractivity contribution in [3.63, 3.8) is 0 Å². The Labute approximate surface area is 116 Å². The predicted molar refractivity (Wildman–Crippen MR) is 69.2 cm³/mol. The van der Waals surface area contributed by atoms with Crippen LogP contribution in [0.1, 0.15) is 36.8 Å². The van der Waals surface area contributed by atoms with E-state index in [0.29, 0.717) is 24.4 Å². The predicted octanol–water partition coefficient (Wildman–Crippen LogP) is 3.15. The number of rotatable bonds is 2. The minimum atomic E-state index is -4.36. The Morgan fingerprint density at radius 2 is 1.80 bits per heavy atom. The van der Waals surface area contributed by atoms with E-state index in [2.05, 4.69) is 4.90 Å². The SMILES string of the molecule is OC1(c2cccc(C(F)(F)F)c2)CCN(C2CC2)CC1. The maximum Gasteiger partial charge on any atom is 0.416 e. The molecule has 0 unspecified atom stereocenters. The van der Waals surface area contributed by atoms with Crippen molar-refractivity contribution in [1.82, 2.24) is 4.90 Å². The second-order valence-corrected chi connectivity index (χ2v) is 5.88. The van der Waals surface area contributed by atoms with E-state index in [0.717, 1.165) is 25.2 Å². The average Bonchev–Trinajstić information content (AvgIpc) is 3.23. The van der Waals surface area contributed by atoms with Gasteiger partial charge in [0.1, 0.15) is 0 Å². The maximum absolute atomic E-state index is 12.7. The van der Waals surface area contributed by atoms with Gasteiger partial charge in [0.2, 0.25) is 0 Å². The first-order chi connectivity index (χ1) is 9.38. The minimum absolute atomic E-state index is 0.391. The first kappa shape index (κ1) is 13.9. The standard InChI is InChI=1S/C15H18F3NO/c16-15(17,18)12-3-1-2-11(10-12)14(20)6-8-19(9-7-14)13-4-5-13/h1-3,10,13,20H,4-9H2. The van der Waals surface area contributed by atoms with Crippen molar-refractivity contribution in [3.05, 3.63) is 35.4 Å². The molecule has 0 amide bonds. The summed E-state index contributed by atoms with van der Waals surface area (Å²) in [6, 6.07) is 5.76. The number of hydrogen-bond acceptors (Lipinski definition) is 2. The number of nitrogens with zero attached hydrogens (tertiary/aromatic N) is 1. The lowest BCUT2D eigenvalue weighted by Gasteiger charge is -2.38. The van der Waals surface area contributed by atoms with Crippen molar-refractivity contribution in [1.29, 1.82) is 0 Å². The van der Waals surface area contributed by atoms with Crippen LogP contribution in [0.5, 0.6) is 0 Å². The summed E-state index contributed by atoms with van der Waals surface area (Å²) in [4.78, 5) is 2.34. The van der Waals surface area contributed by atoms with Gasteiger partial charge in [-0.2, -0.15) is 13.2 Å².